The molecule has 3 rings (SSSR count). The number of amides is 5. The van der Waals surface area contributed by atoms with Gasteiger partial charge in [-0.25, -0.2) is 0 Å². The Balaban J connectivity index is 1.59. The van der Waals surface area contributed by atoms with Gasteiger partial charge in [0.1, 0.15) is 73.2 Å². The summed E-state index contributed by atoms with van der Waals surface area (Å²) in [6.45, 7) is -5.02. The van der Waals surface area contributed by atoms with Crippen LogP contribution in [0.3, 0.4) is 0 Å². The van der Waals surface area contributed by atoms with E-state index in [1.807, 2.05) is 0 Å². The molecule has 75 heavy (non-hydrogen) atoms. The zero-order valence-corrected chi connectivity index (χ0v) is 41.3. The zero-order chi connectivity index (χ0) is 55.5. The van der Waals surface area contributed by atoms with E-state index in [0.717, 1.165) is 0 Å². The van der Waals surface area contributed by atoms with E-state index in [-0.39, 0.29) is 118 Å². The van der Waals surface area contributed by atoms with Gasteiger partial charge in [0.15, 0.2) is 18.9 Å². The first-order valence-electron chi connectivity index (χ1n) is 24.2. The van der Waals surface area contributed by atoms with Crippen molar-refractivity contribution in [1.29, 1.82) is 0 Å². The summed E-state index contributed by atoms with van der Waals surface area (Å²) >= 11 is 0. The summed E-state index contributed by atoms with van der Waals surface area (Å²) in [4.78, 5) is 62.0. The molecule has 32 heteroatoms. The molecule has 0 aromatic heterocycles. The summed E-state index contributed by atoms with van der Waals surface area (Å²) in [5.41, 5.74) is 4.01. The maximum atomic E-state index is 12.7. The number of hydrogen-bond acceptors (Lipinski definition) is 28. The predicted octanol–water partition coefficient (Wildman–Crippen LogP) is -11.0. The van der Waals surface area contributed by atoms with Crippen LogP contribution in [0.15, 0.2) is 0 Å². The van der Waals surface area contributed by atoms with Gasteiger partial charge in [0.25, 0.3) is 0 Å². The van der Waals surface area contributed by atoms with Gasteiger partial charge in [0, 0.05) is 38.9 Å². The number of ether oxygens (including phenoxy) is 10. The lowest BCUT2D eigenvalue weighted by atomic mass is 9.92. The van der Waals surface area contributed by atoms with Crippen molar-refractivity contribution >= 4 is 29.5 Å². The molecule has 3 aliphatic heterocycles. The summed E-state index contributed by atoms with van der Waals surface area (Å²) in [5.74, 6) is -2.92. The second-order valence-corrected chi connectivity index (χ2v) is 17.6. The lowest BCUT2D eigenvalue weighted by Gasteiger charge is -2.39. The van der Waals surface area contributed by atoms with Crippen molar-refractivity contribution < 1.29 is 133 Å². The molecule has 0 bridgehead atoms. The molecule has 3 aliphatic rings. The molecule has 3 fully saturated rings. The van der Waals surface area contributed by atoms with Crippen molar-refractivity contribution in [2.24, 2.45) is 11.1 Å². The van der Waals surface area contributed by atoms with Crippen molar-refractivity contribution in [3.8, 4) is 0 Å². The summed E-state index contributed by atoms with van der Waals surface area (Å²) in [7, 11) is 0. The molecule has 0 unspecified atom stereocenters. The zero-order valence-electron chi connectivity index (χ0n) is 41.3. The first-order chi connectivity index (χ1) is 35.8. The summed E-state index contributed by atoms with van der Waals surface area (Å²) in [5, 5.41) is 128. The van der Waals surface area contributed by atoms with Gasteiger partial charge in [-0.3, -0.25) is 29.3 Å². The second-order valence-electron chi connectivity index (χ2n) is 17.6. The quantitative estimate of drug-likeness (QED) is 0.0259. The maximum Gasteiger partial charge on any atom is 0.240 e. The largest absolute Gasteiger partial charge is 0.394 e. The highest BCUT2D eigenvalue weighted by atomic mass is 16.7. The molecule has 5 amide bonds. The molecule has 0 aromatic carbocycles. The third-order valence-electron chi connectivity index (χ3n) is 11.7. The predicted molar refractivity (Wildman–Crippen MR) is 245 cm³/mol. The van der Waals surface area contributed by atoms with E-state index in [4.69, 9.17) is 53.1 Å². The van der Waals surface area contributed by atoms with E-state index in [9.17, 15) is 85.3 Å². The number of carbonyl (C=O) groups is 5. The van der Waals surface area contributed by atoms with Gasteiger partial charge < -0.3 is 130 Å². The van der Waals surface area contributed by atoms with Crippen molar-refractivity contribution in [3.63, 3.8) is 0 Å². The highest BCUT2D eigenvalue weighted by Gasteiger charge is 2.46. The number of aliphatic hydroxyl groups excluding tert-OH is 12. The molecule has 15 atom stereocenters. The van der Waals surface area contributed by atoms with Crippen LogP contribution in [0.2, 0.25) is 0 Å². The fraction of sp³-hybridized carbons (Fsp3) is 0.884. The molecule has 3 heterocycles. The molecular weight excluding hydrogens is 1020 g/mol. The van der Waals surface area contributed by atoms with Gasteiger partial charge in [-0.05, 0) is 0 Å². The van der Waals surface area contributed by atoms with Crippen LogP contribution in [0.4, 0.5) is 0 Å². The van der Waals surface area contributed by atoms with Gasteiger partial charge in [-0.2, -0.15) is 0 Å². The highest BCUT2D eigenvalue weighted by Crippen LogP contribution is 2.25. The monoisotopic (exact) mass is 1100 g/mol. The van der Waals surface area contributed by atoms with Gasteiger partial charge >= 0.3 is 0 Å². The average Bonchev–Trinajstić information content (AvgIpc) is 3.39. The third kappa shape index (κ3) is 22.5. The van der Waals surface area contributed by atoms with Crippen LogP contribution in [0, 0.1) is 5.41 Å². The Bertz CT molecular complexity index is 1520. The van der Waals surface area contributed by atoms with Crippen molar-refractivity contribution in [2.45, 2.75) is 118 Å². The van der Waals surface area contributed by atoms with Gasteiger partial charge in [-0.1, -0.05) is 0 Å². The highest BCUT2D eigenvalue weighted by molar-refractivity contribution is 5.96. The van der Waals surface area contributed by atoms with Crippen LogP contribution in [0.5, 0.6) is 0 Å². The number of aliphatic hydroxyl groups is 12. The number of imide groups is 1. The number of nitrogens with two attached hydrogens (primary N) is 1. The standard InChI is InChI=1S/C43H77N5O27/c44-15-30(56)48-29(55)4-11-69-22-43(19-66-8-1-26(52)45-5-12-70-40-37(63)34(60)31(57)23(16-49)73-40,20-67-9-2-27(53)46-6-13-71-41-38(64)35(61)32(58)24(17-50)74-41)21-68-10-3-28(54)47-7-14-72-42-39(65)36(62)33(59)25(18-51)75-42/h23-25,31-42,49-51,57-65H,1-22,44H2,(H,45,52)(H,46,53)(H,47,54)(H,48,55,56)/t23-,24-,25-,31-,32-,33-,34+,35+,36+,37+,38+,39+,40+,41+,42+/m1/s1. The Kier molecular flexibility index (Phi) is 30.9. The van der Waals surface area contributed by atoms with Crippen LogP contribution >= 0.6 is 0 Å². The minimum absolute atomic E-state index is 0.0878. The lowest BCUT2D eigenvalue weighted by molar-refractivity contribution is -0.300. The Morgan fingerprint density at radius 3 is 0.947 bits per heavy atom. The summed E-state index contributed by atoms with van der Waals surface area (Å²) in [6, 6.07) is 0. The van der Waals surface area contributed by atoms with Gasteiger partial charge in [0.05, 0.1) is 111 Å². The molecule has 32 nitrogen and oxygen atoms in total. The van der Waals surface area contributed by atoms with E-state index in [2.05, 4.69) is 21.3 Å². The van der Waals surface area contributed by atoms with E-state index in [0.29, 0.717) is 0 Å². The lowest BCUT2D eigenvalue weighted by Crippen LogP contribution is -2.59. The first-order valence-corrected chi connectivity index (χ1v) is 24.2. The van der Waals surface area contributed by atoms with Crippen molar-refractivity contribution in [1.82, 2.24) is 21.3 Å². The average molecular weight is 1100 g/mol. The number of nitrogens with one attached hydrogen (secondary N) is 4. The SMILES string of the molecule is NCC(=O)NC(=O)CCOCC(COCCC(=O)NCCO[C@H]1O[C@H](CO)[C@@H](O)[C@H](O)[C@@H]1O)(COCCC(=O)NCCO[C@H]1O[C@H](CO)[C@@H](O)[C@H](O)[C@@H]1O)COCCC(=O)NCCO[C@H]1O[C@H](CO)[C@@H](O)[C@H](O)[C@@H]1O. The molecule has 3 saturated heterocycles. The molecule has 0 aromatic rings. The van der Waals surface area contributed by atoms with Crippen LogP contribution in [0.1, 0.15) is 25.7 Å². The van der Waals surface area contributed by atoms with Crippen LogP contribution in [-0.4, -0.2) is 302 Å². The van der Waals surface area contributed by atoms with Crippen molar-refractivity contribution in [3.05, 3.63) is 0 Å². The molecule has 0 saturated carbocycles. The summed E-state index contributed by atoms with van der Waals surface area (Å²) in [6.07, 6.45) is -23.3. The molecule has 18 N–H and O–H groups in total. The fourth-order valence-corrected chi connectivity index (χ4v) is 7.31. The smallest absolute Gasteiger partial charge is 0.240 e. The van der Waals surface area contributed by atoms with E-state index in [1.54, 1.807) is 0 Å². The van der Waals surface area contributed by atoms with Crippen LogP contribution in [-0.2, 0) is 71.3 Å². The molecule has 436 valence electrons. The van der Waals surface area contributed by atoms with E-state index in [1.165, 1.54) is 0 Å². The summed E-state index contributed by atoms with van der Waals surface area (Å²) < 4.78 is 55.5. The number of carbonyl (C=O) groups excluding carboxylic acids is 5. The first kappa shape index (κ1) is 65.9. The minimum atomic E-state index is -1.66. The topological polar surface area (TPSA) is 495 Å². The normalized spacial score (nSPS) is 30.1. The van der Waals surface area contributed by atoms with Gasteiger partial charge in [0.2, 0.25) is 29.5 Å². The Morgan fingerprint density at radius 2 is 0.680 bits per heavy atom. The van der Waals surface area contributed by atoms with Crippen LogP contribution in [0.25, 0.3) is 0 Å². The Labute approximate surface area is 430 Å². The van der Waals surface area contributed by atoms with Crippen molar-refractivity contribution in [2.75, 3.05) is 119 Å². The number of hydrogen-bond donors (Lipinski definition) is 17. The fourth-order valence-electron chi connectivity index (χ4n) is 7.31. The third-order valence-corrected chi connectivity index (χ3v) is 11.7. The molecular formula is C43H77N5O27. The Hall–Kier alpha value is -3.37. The Morgan fingerprint density at radius 1 is 0.400 bits per heavy atom. The minimum Gasteiger partial charge on any atom is -0.394 e. The molecule has 0 spiro atoms. The number of rotatable bonds is 36. The molecule has 0 aliphatic carbocycles. The maximum absolute atomic E-state index is 12.7. The second kappa shape index (κ2) is 35.2. The van der Waals surface area contributed by atoms with Gasteiger partial charge in [-0.15, -0.1) is 0 Å². The van der Waals surface area contributed by atoms with E-state index < -0.39 is 153 Å². The van der Waals surface area contributed by atoms with E-state index >= 15 is 0 Å². The van der Waals surface area contributed by atoms with Crippen LogP contribution < -0.4 is 27.0 Å². The molecule has 0 radical (unpaired) electrons.